The Balaban J connectivity index is 1.80. The molecule has 1 unspecified atom stereocenters. The third kappa shape index (κ3) is 3.35. The zero-order chi connectivity index (χ0) is 12.3. The second-order valence-corrected chi connectivity index (χ2v) is 5.20. The first kappa shape index (κ1) is 12.7. The van der Waals surface area contributed by atoms with Crippen LogP contribution in [0.4, 0.5) is 0 Å². The van der Waals surface area contributed by atoms with E-state index >= 15 is 0 Å². The molecule has 1 aliphatic heterocycles. The van der Waals surface area contributed by atoms with Crippen LogP contribution < -0.4 is 5.32 Å². The minimum absolute atomic E-state index is 0.199. The van der Waals surface area contributed by atoms with Crippen molar-refractivity contribution in [3.8, 4) is 5.75 Å². The van der Waals surface area contributed by atoms with E-state index in [1.807, 2.05) is 12.1 Å². The molecule has 0 amide bonds. The number of phenolic OH excluding ortho intramolecular Hbond substituents is 1. The van der Waals surface area contributed by atoms with Crippen LogP contribution in [0.25, 0.3) is 0 Å². The van der Waals surface area contributed by atoms with E-state index < -0.39 is 0 Å². The monoisotopic (exact) mass is 254 g/mol. The molecule has 1 aliphatic rings. The van der Waals surface area contributed by atoms with Crippen LogP contribution in [0, 0.1) is 5.92 Å². The summed E-state index contributed by atoms with van der Waals surface area (Å²) in [6.07, 6.45) is 1.25. The van der Waals surface area contributed by atoms with Gasteiger partial charge in [0.2, 0.25) is 0 Å². The summed E-state index contributed by atoms with van der Waals surface area (Å²) in [5.41, 5.74) is 0.865. The summed E-state index contributed by atoms with van der Waals surface area (Å²) < 4.78 is 0. The molecule has 1 fully saturated rings. The molecule has 0 spiro atoms. The van der Waals surface area contributed by atoms with Gasteiger partial charge in [0.1, 0.15) is 5.75 Å². The predicted octanol–water partition coefficient (Wildman–Crippen LogP) is 2.09. The van der Waals surface area contributed by atoms with Gasteiger partial charge in [-0.1, -0.05) is 23.7 Å². The highest BCUT2D eigenvalue weighted by molar-refractivity contribution is 6.32. The molecule has 17 heavy (non-hydrogen) atoms. The van der Waals surface area contributed by atoms with Crippen LogP contribution in [-0.4, -0.2) is 36.7 Å². The van der Waals surface area contributed by atoms with Gasteiger partial charge < -0.3 is 15.3 Å². The predicted molar refractivity (Wildman–Crippen MR) is 70.4 cm³/mol. The number of para-hydroxylation sites is 1. The maximum atomic E-state index is 9.75. The van der Waals surface area contributed by atoms with Crippen molar-refractivity contribution < 1.29 is 5.11 Å². The summed E-state index contributed by atoms with van der Waals surface area (Å²) in [5, 5.41) is 13.6. The Morgan fingerprint density at radius 3 is 3.06 bits per heavy atom. The lowest BCUT2D eigenvalue weighted by Crippen LogP contribution is -2.24. The molecule has 94 valence electrons. The molecule has 1 saturated heterocycles. The van der Waals surface area contributed by atoms with E-state index in [0.717, 1.165) is 24.6 Å². The van der Waals surface area contributed by atoms with Gasteiger partial charge in [-0.25, -0.2) is 0 Å². The normalized spacial score (nSPS) is 20.9. The number of likely N-dealkylation sites (tertiary alicyclic amines) is 1. The van der Waals surface area contributed by atoms with E-state index in [1.54, 1.807) is 6.07 Å². The highest BCUT2D eigenvalue weighted by atomic mass is 35.5. The highest BCUT2D eigenvalue weighted by Gasteiger charge is 2.18. The molecule has 1 aromatic rings. The van der Waals surface area contributed by atoms with Crippen molar-refractivity contribution >= 4 is 11.6 Å². The van der Waals surface area contributed by atoms with E-state index in [4.69, 9.17) is 11.6 Å². The third-order valence-corrected chi connectivity index (χ3v) is 3.61. The van der Waals surface area contributed by atoms with Crippen molar-refractivity contribution in [2.24, 2.45) is 5.92 Å². The van der Waals surface area contributed by atoms with Gasteiger partial charge in [0.15, 0.2) is 0 Å². The minimum Gasteiger partial charge on any atom is -0.506 e. The van der Waals surface area contributed by atoms with E-state index in [9.17, 15) is 5.11 Å². The zero-order valence-corrected chi connectivity index (χ0v) is 10.9. The Hall–Kier alpha value is -0.770. The second-order valence-electron chi connectivity index (χ2n) is 4.80. The van der Waals surface area contributed by atoms with Crippen LogP contribution in [-0.2, 0) is 6.54 Å². The van der Waals surface area contributed by atoms with Crippen LogP contribution in [0.15, 0.2) is 18.2 Å². The Morgan fingerprint density at radius 2 is 2.35 bits per heavy atom. The molecule has 0 radical (unpaired) electrons. The molecule has 2 N–H and O–H groups in total. The number of halogens is 1. The first-order valence-electron chi connectivity index (χ1n) is 6.02. The maximum Gasteiger partial charge on any atom is 0.138 e. The smallest absolute Gasteiger partial charge is 0.138 e. The molecule has 3 nitrogen and oxygen atoms in total. The van der Waals surface area contributed by atoms with Gasteiger partial charge in [-0.05, 0) is 38.5 Å². The standard InChI is InChI=1S/C13H19ClN2O/c1-16-6-5-10(9-16)7-15-8-11-3-2-4-12(14)13(11)17/h2-4,10,15,17H,5-9H2,1H3. The van der Waals surface area contributed by atoms with Gasteiger partial charge in [0.05, 0.1) is 5.02 Å². The number of rotatable bonds is 4. The van der Waals surface area contributed by atoms with Crippen LogP contribution >= 0.6 is 11.6 Å². The van der Waals surface area contributed by atoms with Gasteiger partial charge in [-0.3, -0.25) is 0 Å². The zero-order valence-electron chi connectivity index (χ0n) is 10.1. The quantitative estimate of drug-likeness (QED) is 0.864. The van der Waals surface area contributed by atoms with Crippen LogP contribution in [0.1, 0.15) is 12.0 Å². The molecule has 0 bridgehead atoms. The van der Waals surface area contributed by atoms with Gasteiger partial charge >= 0.3 is 0 Å². The van der Waals surface area contributed by atoms with Gasteiger partial charge in [-0.15, -0.1) is 0 Å². The lowest BCUT2D eigenvalue weighted by atomic mass is 10.1. The van der Waals surface area contributed by atoms with Gasteiger partial charge in [-0.2, -0.15) is 0 Å². The Kier molecular flexibility index (Phi) is 4.26. The molecule has 0 saturated carbocycles. The summed E-state index contributed by atoms with van der Waals surface area (Å²) in [5.74, 6) is 0.923. The van der Waals surface area contributed by atoms with Crippen molar-refractivity contribution in [3.63, 3.8) is 0 Å². The van der Waals surface area contributed by atoms with E-state index in [-0.39, 0.29) is 5.75 Å². The molecular weight excluding hydrogens is 236 g/mol. The summed E-state index contributed by atoms with van der Waals surface area (Å²) in [7, 11) is 2.16. The largest absolute Gasteiger partial charge is 0.506 e. The first-order chi connectivity index (χ1) is 8.16. The lowest BCUT2D eigenvalue weighted by Gasteiger charge is -2.12. The molecule has 1 atom stereocenters. The van der Waals surface area contributed by atoms with Crippen molar-refractivity contribution in [1.29, 1.82) is 0 Å². The SMILES string of the molecule is CN1CCC(CNCc2cccc(Cl)c2O)C1. The summed E-state index contributed by atoms with van der Waals surface area (Å²) in [6, 6.07) is 5.46. The fourth-order valence-corrected chi connectivity index (χ4v) is 2.50. The van der Waals surface area contributed by atoms with Crippen molar-refractivity contribution in [2.45, 2.75) is 13.0 Å². The molecule has 4 heteroatoms. The average molecular weight is 255 g/mol. The number of nitrogens with one attached hydrogen (secondary N) is 1. The molecule has 0 aromatic heterocycles. The van der Waals surface area contributed by atoms with E-state index in [1.165, 1.54) is 13.0 Å². The summed E-state index contributed by atoms with van der Waals surface area (Å²) in [4.78, 5) is 2.35. The number of hydrogen-bond acceptors (Lipinski definition) is 3. The van der Waals surface area contributed by atoms with Gasteiger partial charge in [0.25, 0.3) is 0 Å². The topological polar surface area (TPSA) is 35.5 Å². The summed E-state index contributed by atoms with van der Waals surface area (Å²) >= 11 is 5.85. The average Bonchev–Trinajstić information content (AvgIpc) is 2.70. The molecular formula is C13H19ClN2O. The molecule has 0 aliphatic carbocycles. The van der Waals surface area contributed by atoms with Gasteiger partial charge in [0, 0.05) is 18.7 Å². The van der Waals surface area contributed by atoms with Crippen LogP contribution in [0.2, 0.25) is 5.02 Å². The molecule has 2 rings (SSSR count). The van der Waals surface area contributed by atoms with E-state index in [2.05, 4.69) is 17.3 Å². The number of hydrogen-bond donors (Lipinski definition) is 2. The van der Waals surface area contributed by atoms with Crippen LogP contribution in [0.5, 0.6) is 5.75 Å². The van der Waals surface area contributed by atoms with Crippen molar-refractivity contribution in [2.75, 3.05) is 26.7 Å². The number of benzene rings is 1. The van der Waals surface area contributed by atoms with Crippen molar-refractivity contribution in [1.82, 2.24) is 10.2 Å². The highest BCUT2D eigenvalue weighted by Crippen LogP contribution is 2.26. The van der Waals surface area contributed by atoms with Crippen LogP contribution in [0.3, 0.4) is 0 Å². The van der Waals surface area contributed by atoms with Crippen molar-refractivity contribution in [3.05, 3.63) is 28.8 Å². The third-order valence-electron chi connectivity index (χ3n) is 3.31. The Bertz CT molecular complexity index is 384. The summed E-state index contributed by atoms with van der Waals surface area (Å²) in [6.45, 7) is 4.02. The maximum absolute atomic E-state index is 9.75. The Labute approximate surface area is 107 Å². The fourth-order valence-electron chi connectivity index (χ4n) is 2.31. The lowest BCUT2D eigenvalue weighted by molar-refractivity contribution is 0.387. The molecule has 1 aromatic carbocycles. The number of aromatic hydroxyl groups is 1. The minimum atomic E-state index is 0.199. The van der Waals surface area contributed by atoms with E-state index in [0.29, 0.717) is 11.6 Å². The number of nitrogens with zero attached hydrogens (tertiary/aromatic N) is 1. The first-order valence-corrected chi connectivity index (χ1v) is 6.40. The Morgan fingerprint density at radius 1 is 1.53 bits per heavy atom. The second kappa shape index (κ2) is 5.71. The fraction of sp³-hybridized carbons (Fsp3) is 0.538. The number of phenols is 1. The molecule has 1 heterocycles.